The number of ether oxygens (including phenoxy) is 1. The largest absolute Gasteiger partial charge is 0.573 e. The summed E-state index contributed by atoms with van der Waals surface area (Å²) in [5.41, 5.74) is 5.34. The molecule has 10 heteroatoms. The highest BCUT2D eigenvalue weighted by Gasteiger charge is 2.31. The second kappa shape index (κ2) is 9.47. The van der Waals surface area contributed by atoms with Gasteiger partial charge in [-0.15, -0.1) is 37.1 Å². The van der Waals surface area contributed by atoms with Crippen molar-refractivity contribution in [3.63, 3.8) is 0 Å². The number of hydrogen-bond donors (Lipinski definition) is 3. The van der Waals surface area contributed by atoms with Crippen LogP contribution in [0.1, 0.15) is 12.5 Å². The number of halogens is 5. The van der Waals surface area contributed by atoms with E-state index in [1.807, 2.05) is 0 Å². The minimum Gasteiger partial charge on any atom is -0.406 e. The van der Waals surface area contributed by atoms with E-state index in [0.717, 1.165) is 12.1 Å². The molecule has 2 aromatic carbocycles. The first-order chi connectivity index (χ1) is 12.1. The summed E-state index contributed by atoms with van der Waals surface area (Å²) in [6.07, 6.45) is -4.75. The van der Waals surface area contributed by atoms with Crippen molar-refractivity contribution in [2.75, 3.05) is 11.9 Å². The van der Waals surface area contributed by atoms with Gasteiger partial charge in [0, 0.05) is 16.3 Å². The summed E-state index contributed by atoms with van der Waals surface area (Å²) < 4.78 is 40.1. The second-order valence-corrected chi connectivity index (χ2v) is 6.06. The summed E-state index contributed by atoms with van der Waals surface area (Å²) in [7, 11) is 0. The molecular formula is C17H18ClF3IN3O2. The van der Waals surface area contributed by atoms with Crippen molar-refractivity contribution in [2.45, 2.75) is 18.9 Å². The monoisotopic (exact) mass is 515 g/mol. The number of nitrogens with zero attached hydrogens (tertiary/aromatic N) is 1. The van der Waals surface area contributed by atoms with Gasteiger partial charge in [-0.3, -0.25) is 0 Å². The molecule has 1 unspecified atom stereocenters. The number of rotatable bonds is 5. The van der Waals surface area contributed by atoms with E-state index < -0.39 is 12.0 Å². The quantitative estimate of drug-likeness (QED) is 0.311. The number of nitrogens with one attached hydrogen (secondary N) is 1. The molecule has 27 heavy (non-hydrogen) atoms. The summed E-state index contributed by atoms with van der Waals surface area (Å²) in [5.74, 6) is -0.359. The highest BCUT2D eigenvalue weighted by Crippen LogP contribution is 2.28. The van der Waals surface area contributed by atoms with Gasteiger partial charge >= 0.3 is 6.36 Å². The fourth-order valence-corrected chi connectivity index (χ4v) is 2.49. The van der Waals surface area contributed by atoms with Crippen LogP contribution >= 0.6 is 35.6 Å². The van der Waals surface area contributed by atoms with Crippen molar-refractivity contribution in [1.29, 1.82) is 0 Å². The number of anilines is 1. The molecule has 0 aliphatic carbocycles. The average molecular weight is 516 g/mol. The maximum Gasteiger partial charge on any atom is 0.573 e. The Hall–Kier alpha value is -1.72. The third-order valence-corrected chi connectivity index (χ3v) is 3.70. The Morgan fingerprint density at radius 1 is 1.19 bits per heavy atom. The zero-order valence-electron chi connectivity index (χ0n) is 14.1. The normalized spacial score (nSPS) is 14.1. The lowest BCUT2D eigenvalue weighted by Gasteiger charge is -2.23. The smallest absolute Gasteiger partial charge is 0.406 e. The molecule has 5 nitrogen and oxygen atoms in total. The molecule has 1 atom stereocenters. The first kappa shape index (κ1) is 23.3. The predicted octanol–water partition coefficient (Wildman–Crippen LogP) is 4.49. The first-order valence-corrected chi connectivity index (χ1v) is 7.85. The molecule has 0 heterocycles. The number of alkyl halides is 3. The number of benzene rings is 2. The maximum atomic E-state index is 12.1. The molecule has 0 fully saturated rings. The van der Waals surface area contributed by atoms with E-state index in [-0.39, 0.29) is 42.2 Å². The lowest BCUT2D eigenvalue weighted by atomic mass is 9.96. The van der Waals surface area contributed by atoms with E-state index in [2.05, 4.69) is 15.0 Å². The fourth-order valence-electron chi connectivity index (χ4n) is 2.15. The molecule has 0 saturated heterocycles. The second-order valence-electron chi connectivity index (χ2n) is 5.65. The first-order valence-electron chi connectivity index (χ1n) is 7.47. The van der Waals surface area contributed by atoms with Crippen LogP contribution in [0.25, 0.3) is 0 Å². The molecule has 0 amide bonds. The topological polar surface area (TPSA) is 79.9 Å². The lowest BCUT2D eigenvalue weighted by molar-refractivity contribution is -0.274. The molecular weight excluding hydrogens is 498 g/mol. The van der Waals surface area contributed by atoms with Crippen molar-refractivity contribution in [3.8, 4) is 5.75 Å². The standard InChI is InChI=1S/C17H17ClF3N3O2.HI/c1-16(25,13-4-2-3-5-14(13)18)10-23-15(22)24-11-6-8-12(9-7-11)26-17(19,20)21;/h2-9,25H,10H2,1H3,(H3,22,23,24);1H. The number of hydrogen-bond acceptors (Lipinski definition) is 3. The van der Waals surface area contributed by atoms with E-state index in [9.17, 15) is 18.3 Å². The van der Waals surface area contributed by atoms with Gasteiger partial charge in [0.1, 0.15) is 11.4 Å². The van der Waals surface area contributed by atoms with Gasteiger partial charge in [-0.2, -0.15) is 0 Å². The van der Waals surface area contributed by atoms with E-state index in [1.165, 1.54) is 12.1 Å². The molecule has 0 aliphatic heterocycles. The zero-order chi connectivity index (χ0) is 19.4. The third-order valence-electron chi connectivity index (χ3n) is 3.37. The number of guanidine groups is 1. The summed E-state index contributed by atoms with van der Waals surface area (Å²) in [5, 5.41) is 13.6. The third kappa shape index (κ3) is 7.43. The summed E-state index contributed by atoms with van der Waals surface area (Å²) >= 11 is 6.07. The molecule has 0 saturated carbocycles. The Balaban J connectivity index is 0.00000364. The Morgan fingerprint density at radius 2 is 1.78 bits per heavy atom. The Morgan fingerprint density at radius 3 is 2.33 bits per heavy atom. The summed E-state index contributed by atoms with van der Waals surface area (Å²) in [6.45, 7) is 1.49. The summed E-state index contributed by atoms with van der Waals surface area (Å²) in [4.78, 5) is 4.05. The van der Waals surface area contributed by atoms with E-state index in [0.29, 0.717) is 16.3 Å². The van der Waals surface area contributed by atoms with E-state index in [4.69, 9.17) is 17.3 Å². The Labute approximate surface area is 176 Å². The lowest BCUT2D eigenvalue weighted by Crippen LogP contribution is -2.30. The molecule has 0 spiro atoms. The van der Waals surface area contributed by atoms with Crippen LogP contribution in [0.15, 0.2) is 53.5 Å². The molecule has 0 bridgehead atoms. The van der Waals surface area contributed by atoms with Gasteiger partial charge in [0.05, 0.1) is 6.54 Å². The van der Waals surface area contributed by atoms with E-state index in [1.54, 1.807) is 31.2 Å². The van der Waals surface area contributed by atoms with Crippen LogP contribution in [0.5, 0.6) is 5.75 Å². The van der Waals surface area contributed by atoms with Gasteiger partial charge in [0.15, 0.2) is 5.96 Å². The summed E-state index contributed by atoms with van der Waals surface area (Å²) in [6, 6.07) is 11.8. The number of aliphatic imine (C=N–C) groups is 1. The van der Waals surface area contributed by atoms with Gasteiger partial charge in [-0.1, -0.05) is 29.8 Å². The molecule has 0 aliphatic rings. The van der Waals surface area contributed by atoms with Crippen LogP contribution in [-0.2, 0) is 5.60 Å². The maximum absolute atomic E-state index is 12.1. The van der Waals surface area contributed by atoms with Crippen LogP contribution in [0, 0.1) is 0 Å². The molecule has 2 aromatic rings. The average Bonchev–Trinajstić information content (AvgIpc) is 2.54. The Bertz CT molecular complexity index is 784. The highest BCUT2D eigenvalue weighted by molar-refractivity contribution is 14.0. The molecule has 0 aromatic heterocycles. The van der Waals surface area contributed by atoms with Crippen molar-refractivity contribution in [2.24, 2.45) is 10.7 Å². The Kier molecular flexibility index (Phi) is 8.18. The minimum absolute atomic E-state index is 0. The molecule has 148 valence electrons. The minimum atomic E-state index is -4.75. The molecule has 0 radical (unpaired) electrons. The van der Waals surface area contributed by atoms with Crippen LogP contribution in [0.3, 0.4) is 0 Å². The van der Waals surface area contributed by atoms with Gasteiger partial charge in [0.2, 0.25) is 0 Å². The predicted molar refractivity (Wildman–Crippen MR) is 110 cm³/mol. The highest BCUT2D eigenvalue weighted by atomic mass is 127. The fraction of sp³-hybridized carbons (Fsp3) is 0.235. The number of aliphatic hydroxyl groups is 1. The van der Waals surface area contributed by atoms with Gasteiger partial charge in [0.25, 0.3) is 0 Å². The van der Waals surface area contributed by atoms with Crippen LogP contribution in [-0.4, -0.2) is 24.0 Å². The van der Waals surface area contributed by atoms with Crippen LogP contribution in [0.4, 0.5) is 18.9 Å². The number of nitrogens with two attached hydrogens (primary N) is 1. The molecule has 4 N–H and O–H groups in total. The van der Waals surface area contributed by atoms with Crippen molar-refractivity contribution < 1.29 is 23.0 Å². The van der Waals surface area contributed by atoms with Gasteiger partial charge < -0.3 is 20.9 Å². The van der Waals surface area contributed by atoms with Gasteiger partial charge in [-0.25, -0.2) is 4.99 Å². The van der Waals surface area contributed by atoms with Crippen molar-refractivity contribution in [1.82, 2.24) is 0 Å². The zero-order valence-corrected chi connectivity index (χ0v) is 17.2. The van der Waals surface area contributed by atoms with Gasteiger partial charge in [-0.05, 0) is 37.3 Å². The van der Waals surface area contributed by atoms with E-state index >= 15 is 0 Å². The van der Waals surface area contributed by atoms with Crippen LogP contribution in [0.2, 0.25) is 5.02 Å². The SMILES string of the molecule is CC(O)(CN=C(N)Nc1ccc(OC(F)(F)F)cc1)c1ccccc1Cl.I. The van der Waals surface area contributed by atoms with Crippen LogP contribution < -0.4 is 15.8 Å². The van der Waals surface area contributed by atoms with Crippen molar-refractivity contribution >= 4 is 47.2 Å². The van der Waals surface area contributed by atoms with Crippen molar-refractivity contribution in [3.05, 3.63) is 59.1 Å². The molecule has 2 rings (SSSR count).